The first kappa shape index (κ1) is 13.4. The second kappa shape index (κ2) is 6.49. The van der Waals surface area contributed by atoms with Crippen molar-refractivity contribution < 1.29 is 14.7 Å². The van der Waals surface area contributed by atoms with Gasteiger partial charge in [0, 0.05) is 6.42 Å². The molecule has 11 heavy (non-hydrogen) atoms. The number of carbonyl (C=O) groups excluding carboxylic acids is 1. The molecule has 0 aliphatic carbocycles. The van der Waals surface area contributed by atoms with Gasteiger partial charge in [0.05, 0.1) is 0 Å². The fourth-order valence-corrected chi connectivity index (χ4v) is 0.421. The fourth-order valence-electron chi connectivity index (χ4n) is 0.421. The molecule has 0 aliphatic rings. The molecule has 5 N–H and O–H groups in total. The van der Waals surface area contributed by atoms with E-state index < -0.39 is 17.9 Å². The quantitative estimate of drug-likeness (QED) is 0.482. The van der Waals surface area contributed by atoms with Gasteiger partial charge in [-0.1, -0.05) is 0 Å². The molecule has 0 aromatic heterocycles. The molecule has 6 heteroatoms. The molecule has 0 spiro atoms. The molecule has 0 bridgehead atoms. The molecule has 1 unspecified atom stereocenters. The van der Waals surface area contributed by atoms with Crippen molar-refractivity contribution in [2.45, 2.75) is 18.9 Å². The van der Waals surface area contributed by atoms with Crippen molar-refractivity contribution in [2.24, 2.45) is 11.5 Å². The first-order chi connectivity index (χ1) is 4.54. The van der Waals surface area contributed by atoms with Crippen molar-refractivity contribution in [1.82, 2.24) is 0 Å². The molecule has 0 aromatic rings. The Kier molecular flexibility index (Phi) is 7.89. The number of carbonyl (C=O) groups is 2. The molecule has 66 valence electrons. The fraction of sp³-hybridized carbons (Fsp3) is 0.600. The zero-order valence-electron chi connectivity index (χ0n) is 6.12. The molecule has 0 fully saturated rings. The van der Waals surface area contributed by atoms with E-state index in [-0.39, 0.29) is 39.0 Å². The Hall–Kier alpha value is -0.217. The first-order valence-corrected chi connectivity index (χ1v) is 2.80. The molecule has 0 saturated carbocycles. The van der Waals surface area contributed by atoms with Crippen LogP contribution < -0.4 is 11.5 Å². The number of hydrogen-bond donors (Lipinski definition) is 3. The van der Waals surface area contributed by atoms with Gasteiger partial charge in [-0.15, -0.1) is 0 Å². The molecule has 0 radical (unpaired) electrons. The Morgan fingerprint density at radius 1 is 1.45 bits per heavy atom. The minimum atomic E-state index is -1.11. The van der Waals surface area contributed by atoms with E-state index in [4.69, 9.17) is 16.6 Å². The summed E-state index contributed by atoms with van der Waals surface area (Å²) in [5.41, 5.74) is 9.81. The number of primary amides is 1. The number of carboxylic acid groups (broad SMARTS) is 1. The second-order valence-corrected chi connectivity index (χ2v) is 1.95. The van der Waals surface area contributed by atoms with Crippen LogP contribution in [0.3, 0.4) is 0 Å². The number of nitrogens with two attached hydrogens (primary N) is 2. The van der Waals surface area contributed by atoms with Crippen LogP contribution in [0, 0.1) is 0 Å². The van der Waals surface area contributed by atoms with Gasteiger partial charge in [-0.05, 0) is 6.42 Å². The van der Waals surface area contributed by atoms with E-state index in [9.17, 15) is 9.59 Å². The summed E-state index contributed by atoms with van der Waals surface area (Å²) in [6.45, 7) is 0. The van der Waals surface area contributed by atoms with Crippen LogP contribution >= 0.6 is 0 Å². The predicted molar refractivity (Wildman–Crippen MR) is 44.0 cm³/mol. The van der Waals surface area contributed by atoms with E-state index in [0.717, 1.165) is 0 Å². The summed E-state index contributed by atoms with van der Waals surface area (Å²) in [5, 5.41) is 8.22. The Morgan fingerprint density at radius 3 is 2.18 bits per heavy atom. The number of amides is 1. The van der Waals surface area contributed by atoms with Gasteiger partial charge < -0.3 is 16.6 Å². The van der Waals surface area contributed by atoms with E-state index in [1.165, 1.54) is 0 Å². The third-order valence-corrected chi connectivity index (χ3v) is 1.02. The van der Waals surface area contributed by atoms with E-state index >= 15 is 0 Å². The van der Waals surface area contributed by atoms with Crippen molar-refractivity contribution in [3.05, 3.63) is 0 Å². The minimum absolute atomic E-state index is 0. The molecule has 1 amide bonds. The first-order valence-electron chi connectivity index (χ1n) is 2.80. The SMILES string of the molecule is NC(=O)CCC(N)C(=O)O.[BiH3]. The Morgan fingerprint density at radius 2 is 1.91 bits per heavy atom. The molecular weight excluding hydrogens is 345 g/mol. The average Bonchev–Trinajstić information content (AvgIpc) is 1.82. The molecule has 0 saturated heterocycles. The third-order valence-electron chi connectivity index (χ3n) is 1.02. The summed E-state index contributed by atoms with van der Waals surface area (Å²) in [6, 6.07) is -0.979. The van der Waals surface area contributed by atoms with Gasteiger partial charge in [-0.3, -0.25) is 9.59 Å². The van der Waals surface area contributed by atoms with Crippen LogP contribution in [0.4, 0.5) is 0 Å². The van der Waals surface area contributed by atoms with E-state index in [2.05, 4.69) is 0 Å². The molecular formula is C5H13BiN2O3. The van der Waals surface area contributed by atoms with Crippen LogP contribution in [0.25, 0.3) is 0 Å². The number of carboxylic acids is 1. The van der Waals surface area contributed by atoms with Crippen LogP contribution in [0.1, 0.15) is 12.8 Å². The Labute approximate surface area is 83.2 Å². The monoisotopic (exact) mass is 358 g/mol. The molecule has 5 nitrogen and oxygen atoms in total. The van der Waals surface area contributed by atoms with Crippen molar-refractivity contribution in [1.29, 1.82) is 0 Å². The summed E-state index contributed by atoms with van der Waals surface area (Å²) in [5.74, 6) is -1.64. The van der Waals surface area contributed by atoms with E-state index in [1.807, 2.05) is 0 Å². The average molecular weight is 358 g/mol. The predicted octanol–water partition coefficient (Wildman–Crippen LogP) is -2.52. The van der Waals surface area contributed by atoms with Crippen molar-refractivity contribution >= 4 is 38.1 Å². The van der Waals surface area contributed by atoms with Crippen molar-refractivity contribution in [2.75, 3.05) is 0 Å². The van der Waals surface area contributed by atoms with Crippen LogP contribution in [0.15, 0.2) is 0 Å². The van der Waals surface area contributed by atoms with Gasteiger partial charge in [0.25, 0.3) is 0 Å². The van der Waals surface area contributed by atoms with Crippen LogP contribution in [0.5, 0.6) is 0 Å². The Bertz CT molecular complexity index is 151. The number of hydrogen-bond acceptors (Lipinski definition) is 3. The number of aliphatic carboxylic acids is 1. The van der Waals surface area contributed by atoms with Gasteiger partial charge in [0.1, 0.15) is 6.04 Å². The normalized spacial score (nSPS) is 11.4. The summed E-state index contributed by atoms with van der Waals surface area (Å²) >= 11 is 0. The van der Waals surface area contributed by atoms with Gasteiger partial charge in [0.15, 0.2) is 0 Å². The Balaban J connectivity index is 0. The van der Waals surface area contributed by atoms with E-state index in [1.54, 1.807) is 0 Å². The zero-order chi connectivity index (χ0) is 8.15. The molecule has 0 rings (SSSR count). The van der Waals surface area contributed by atoms with Gasteiger partial charge >= 0.3 is 32.2 Å². The van der Waals surface area contributed by atoms with Crippen LogP contribution in [0.2, 0.25) is 0 Å². The maximum absolute atomic E-state index is 10.1. The van der Waals surface area contributed by atoms with Gasteiger partial charge in [-0.2, -0.15) is 0 Å². The topological polar surface area (TPSA) is 106 Å². The third kappa shape index (κ3) is 7.68. The molecule has 0 aromatic carbocycles. The second-order valence-electron chi connectivity index (χ2n) is 1.95. The van der Waals surface area contributed by atoms with Gasteiger partial charge in [-0.25, -0.2) is 0 Å². The zero-order valence-corrected chi connectivity index (χ0v) is 11.6. The summed E-state index contributed by atoms with van der Waals surface area (Å²) in [6.07, 6.45) is 0.123. The van der Waals surface area contributed by atoms with Crippen molar-refractivity contribution in [3.63, 3.8) is 0 Å². The summed E-state index contributed by atoms with van der Waals surface area (Å²) in [7, 11) is 0. The number of rotatable bonds is 4. The molecule has 0 aliphatic heterocycles. The summed E-state index contributed by atoms with van der Waals surface area (Å²) < 4.78 is 0. The maximum atomic E-state index is 10.1. The van der Waals surface area contributed by atoms with Crippen molar-refractivity contribution in [3.8, 4) is 0 Å². The summed E-state index contributed by atoms with van der Waals surface area (Å²) in [4.78, 5) is 20.1. The van der Waals surface area contributed by atoms with Crippen LogP contribution in [-0.4, -0.2) is 49.2 Å². The molecule has 1 atom stereocenters. The molecule has 0 heterocycles. The van der Waals surface area contributed by atoms with E-state index in [0.29, 0.717) is 0 Å². The standard InChI is InChI=1S/C5H10N2O3.Bi.3H/c6-3(5(9)10)1-2-4(7)8;;;;/h3H,1-2,6H2,(H2,7,8)(H,9,10);;;;. The van der Waals surface area contributed by atoms with Gasteiger partial charge in [0.2, 0.25) is 5.91 Å². The van der Waals surface area contributed by atoms with Crippen LogP contribution in [-0.2, 0) is 9.59 Å².